The Hall–Kier alpha value is -1.90. The molecule has 122 valence electrons. The summed E-state index contributed by atoms with van der Waals surface area (Å²) in [7, 11) is 0. The summed E-state index contributed by atoms with van der Waals surface area (Å²) >= 11 is 4.09. The number of allylic oxidation sites excluding steroid dienone is 1. The van der Waals surface area contributed by atoms with Crippen LogP contribution in [0.2, 0.25) is 0 Å². The first kappa shape index (κ1) is 15.4. The zero-order valence-corrected chi connectivity index (χ0v) is 15.4. The van der Waals surface area contributed by atoms with Gasteiger partial charge in [0.05, 0.1) is 0 Å². The van der Waals surface area contributed by atoms with Crippen LogP contribution in [-0.2, 0) is 0 Å². The highest BCUT2D eigenvalue weighted by Gasteiger charge is 2.34. The van der Waals surface area contributed by atoms with Crippen molar-refractivity contribution in [2.75, 3.05) is 11.5 Å². The maximum Gasteiger partial charge on any atom is 0.0417 e. The summed E-state index contributed by atoms with van der Waals surface area (Å²) in [5, 5.41) is 0. The van der Waals surface area contributed by atoms with Crippen LogP contribution in [0.25, 0.3) is 16.0 Å². The minimum Gasteiger partial charge on any atom is -0.128 e. The molecule has 1 atom stereocenters. The van der Waals surface area contributed by atoms with E-state index in [1.54, 1.807) is 4.91 Å². The lowest BCUT2D eigenvalue weighted by molar-refractivity contribution is 1.03. The topological polar surface area (TPSA) is 0 Å². The van der Waals surface area contributed by atoms with Gasteiger partial charge in [-0.1, -0.05) is 72.8 Å². The Balaban J connectivity index is 1.69. The molecule has 0 aromatic heterocycles. The largest absolute Gasteiger partial charge is 0.128 e. The lowest BCUT2D eigenvalue weighted by Gasteiger charge is -2.19. The minimum absolute atomic E-state index is 0.396. The van der Waals surface area contributed by atoms with Gasteiger partial charge in [-0.15, -0.1) is 23.5 Å². The molecule has 1 unspecified atom stereocenters. The lowest BCUT2D eigenvalue weighted by atomic mass is 9.90. The Labute approximate surface area is 157 Å². The molecule has 1 aliphatic heterocycles. The van der Waals surface area contributed by atoms with Gasteiger partial charge in [0.2, 0.25) is 0 Å². The van der Waals surface area contributed by atoms with E-state index in [4.69, 9.17) is 0 Å². The number of hydrogen-bond donors (Lipinski definition) is 0. The second-order valence-electron chi connectivity index (χ2n) is 6.40. The molecular weight excluding hydrogens is 340 g/mol. The van der Waals surface area contributed by atoms with Gasteiger partial charge in [0.25, 0.3) is 0 Å². The van der Waals surface area contributed by atoms with Gasteiger partial charge in [0, 0.05) is 27.2 Å². The molecule has 0 saturated heterocycles. The van der Waals surface area contributed by atoms with Gasteiger partial charge in [-0.2, -0.15) is 0 Å². The smallest absolute Gasteiger partial charge is 0.0417 e. The quantitative estimate of drug-likeness (QED) is 0.503. The van der Waals surface area contributed by atoms with Gasteiger partial charge in [-0.3, -0.25) is 0 Å². The molecule has 0 N–H and O–H groups in total. The molecule has 1 heterocycles. The standard InChI is InChI=1S/C23H18S2/c1-3-7-16(8-4-1)18-11-12-19-20(15-18)21(17-9-5-2-6-10-17)23-22(19)24-13-14-25-23/h1-12,15,21H,13-14H2. The van der Waals surface area contributed by atoms with Crippen molar-refractivity contribution in [2.45, 2.75) is 5.92 Å². The summed E-state index contributed by atoms with van der Waals surface area (Å²) in [6.07, 6.45) is 0. The number of rotatable bonds is 2. The average molecular weight is 359 g/mol. The molecule has 0 fully saturated rings. The monoisotopic (exact) mass is 358 g/mol. The summed E-state index contributed by atoms with van der Waals surface area (Å²) in [5.41, 5.74) is 6.94. The van der Waals surface area contributed by atoms with E-state index in [1.165, 1.54) is 44.2 Å². The summed E-state index contributed by atoms with van der Waals surface area (Å²) in [6, 6.07) is 28.7. The van der Waals surface area contributed by atoms with Crippen molar-refractivity contribution >= 4 is 28.4 Å². The molecule has 0 amide bonds. The molecule has 3 aromatic rings. The van der Waals surface area contributed by atoms with Crippen molar-refractivity contribution in [3.05, 3.63) is 100 Å². The number of benzene rings is 3. The van der Waals surface area contributed by atoms with Crippen LogP contribution in [0.1, 0.15) is 22.6 Å². The average Bonchev–Trinajstić information content (AvgIpc) is 3.03. The van der Waals surface area contributed by atoms with Crippen molar-refractivity contribution in [3.8, 4) is 11.1 Å². The number of hydrogen-bond acceptors (Lipinski definition) is 2. The first-order valence-corrected chi connectivity index (χ1v) is 10.6. The molecular formula is C23H18S2. The lowest BCUT2D eigenvalue weighted by Crippen LogP contribution is -2.02. The minimum atomic E-state index is 0.396. The van der Waals surface area contributed by atoms with Crippen molar-refractivity contribution in [1.29, 1.82) is 0 Å². The zero-order valence-electron chi connectivity index (χ0n) is 13.8. The van der Waals surface area contributed by atoms with Crippen LogP contribution < -0.4 is 0 Å². The molecule has 5 rings (SSSR count). The van der Waals surface area contributed by atoms with Gasteiger partial charge in [0.1, 0.15) is 0 Å². The third-order valence-electron chi connectivity index (χ3n) is 4.92. The highest BCUT2D eigenvalue weighted by molar-refractivity contribution is 8.13. The van der Waals surface area contributed by atoms with Crippen LogP contribution in [0.4, 0.5) is 0 Å². The molecule has 0 spiro atoms. The van der Waals surface area contributed by atoms with Crippen LogP contribution in [0, 0.1) is 0 Å². The van der Waals surface area contributed by atoms with Crippen LogP contribution in [0.5, 0.6) is 0 Å². The van der Waals surface area contributed by atoms with E-state index < -0.39 is 0 Å². The summed E-state index contributed by atoms with van der Waals surface area (Å²) in [4.78, 5) is 3.07. The molecule has 0 bridgehead atoms. The highest BCUT2D eigenvalue weighted by atomic mass is 32.2. The first-order chi connectivity index (χ1) is 12.4. The number of thioether (sulfide) groups is 2. The molecule has 0 nitrogen and oxygen atoms in total. The predicted molar refractivity (Wildman–Crippen MR) is 112 cm³/mol. The second kappa shape index (κ2) is 6.44. The molecule has 2 heteroatoms. The van der Waals surface area contributed by atoms with E-state index in [-0.39, 0.29) is 0 Å². The van der Waals surface area contributed by atoms with E-state index in [2.05, 4.69) is 90.6 Å². The van der Waals surface area contributed by atoms with Crippen molar-refractivity contribution in [1.82, 2.24) is 0 Å². The Bertz CT molecular complexity index is 942. The van der Waals surface area contributed by atoms with Crippen molar-refractivity contribution in [3.63, 3.8) is 0 Å². The predicted octanol–water partition coefficient (Wildman–Crippen LogP) is 6.65. The van der Waals surface area contributed by atoms with E-state index in [9.17, 15) is 0 Å². The Morgan fingerprint density at radius 2 is 1.40 bits per heavy atom. The van der Waals surface area contributed by atoms with Crippen LogP contribution in [0.3, 0.4) is 0 Å². The fourth-order valence-electron chi connectivity index (χ4n) is 3.79. The zero-order chi connectivity index (χ0) is 16.6. The first-order valence-electron chi connectivity index (χ1n) is 8.66. The molecule has 25 heavy (non-hydrogen) atoms. The van der Waals surface area contributed by atoms with Crippen molar-refractivity contribution < 1.29 is 0 Å². The van der Waals surface area contributed by atoms with Gasteiger partial charge >= 0.3 is 0 Å². The van der Waals surface area contributed by atoms with E-state index in [0.29, 0.717) is 5.92 Å². The van der Waals surface area contributed by atoms with E-state index in [1.807, 2.05) is 11.8 Å². The fourth-order valence-corrected chi connectivity index (χ4v) is 6.51. The number of fused-ring (bicyclic) bond motifs is 2. The molecule has 1 aliphatic carbocycles. The third kappa shape index (κ3) is 2.65. The maximum atomic E-state index is 2.42. The second-order valence-corrected chi connectivity index (χ2v) is 8.64. The maximum absolute atomic E-state index is 2.42. The summed E-state index contributed by atoms with van der Waals surface area (Å²) < 4.78 is 0. The van der Waals surface area contributed by atoms with Crippen LogP contribution in [0.15, 0.2) is 83.8 Å². The summed E-state index contributed by atoms with van der Waals surface area (Å²) in [6.45, 7) is 0. The normalized spacial score (nSPS) is 18.8. The third-order valence-corrected chi connectivity index (χ3v) is 7.60. The molecule has 3 aromatic carbocycles. The molecule has 2 aliphatic rings. The Morgan fingerprint density at radius 3 is 2.20 bits per heavy atom. The SMILES string of the molecule is c1ccc(-c2ccc3c(c2)C(c2ccccc2)C2=C3SCCS2)cc1. The molecule has 0 saturated carbocycles. The van der Waals surface area contributed by atoms with Crippen LogP contribution in [-0.4, -0.2) is 11.5 Å². The van der Waals surface area contributed by atoms with Gasteiger partial charge in [-0.05, 0) is 33.9 Å². The van der Waals surface area contributed by atoms with E-state index >= 15 is 0 Å². The highest BCUT2D eigenvalue weighted by Crippen LogP contribution is 2.56. The van der Waals surface area contributed by atoms with Gasteiger partial charge in [0.15, 0.2) is 0 Å². The fraction of sp³-hybridized carbons (Fsp3) is 0.130. The van der Waals surface area contributed by atoms with Crippen molar-refractivity contribution in [2.24, 2.45) is 0 Å². The van der Waals surface area contributed by atoms with Gasteiger partial charge in [-0.25, -0.2) is 0 Å². The van der Waals surface area contributed by atoms with E-state index in [0.717, 1.165) is 0 Å². The summed E-state index contributed by atoms with van der Waals surface area (Å²) in [5.74, 6) is 2.82. The Kier molecular flexibility index (Phi) is 3.95. The van der Waals surface area contributed by atoms with Crippen LogP contribution >= 0.6 is 23.5 Å². The molecule has 0 radical (unpaired) electrons. The van der Waals surface area contributed by atoms with Gasteiger partial charge < -0.3 is 0 Å². The Morgan fingerprint density at radius 1 is 0.680 bits per heavy atom.